The molecule has 0 atom stereocenters. The highest BCUT2D eigenvalue weighted by Gasteiger charge is 2.18. The molecule has 0 radical (unpaired) electrons. The lowest BCUT2D eigenvalue weighted by Gasteiger charge is -2.18. The first-order valence-corrected chi connectivity index (χ1v) is 13.5. The molecule has 3 rings (SSSR count). The lowest BCUT2D eigenvalue weighted by Crippen LogP contribution is -2.16. The van der Waals surface area contributed by atoms with Gasteiger partial charge in [-0.2, -0.15) is 0 Å². The van der Waals surface area contributed by atoms with E-state index in [9.17, 15) is 13.2 Å². The molecule has 1 aromatic heterocycles. The van der Waals surface area contributed by atoms with E-state index < -0.39 is 10.0 Å². The maximum absolute atomic E-state index is 12.3. The number of pyridine rings is 1. The number of nitrogens with one attached hydrogen (secondary N) is 1. The summed E-state index contributed by atoms with van der Waals surface area (Å²) in [5.41, 5.74) is 1.24. The van der Waals surface area contributed by atoms with Gasteiger partial charge in [-0.3, -0.25) is 9.52 Å². The number of nitrogens with zero attached hydrogens (tertiary/aromatic N) is 1. The van der Waals surface area contributed by atoms with Gasteiger partial charge in [-0.1, -0.05) is 17.7 Å². The lowest BCUT2D eigenvalue weighted by atomic mass is 10.0. The smallest absolute Gasteiger partial charge is 0.254 e. The summed E-state index contributed by atoms with van der Waals surface area (Å²) in [7, 11) is -1.87. The predicted octanol–water partition coefficient (Wildman–Crippen LogP) is 5.82. The van der Waals surface area contributed by atoms with Crippen LogP contribution in [0.25, 0.3) is 11.1 Å². The second kappa shape index (κ2) is 11.3. The van der Waals surface area contributed by atoms with E-state index in [4.69, 9.17) is 21.1 Å². The van der Waals surface area contributed by atoms with E-state index >= 15 is 0 Å². The molecule has 0 aliphatic heterocycles. The number of benzene rings is 2. The molecule has 0 spiro atoms. The lowest BCUT2D eigenvalue weighted by molar-refractivity contribution is 0.325. The summed E-state index contributed by atoms with van der Waals surface area (Å²) in [5.74, 6) is 1.31. The van der Waals surface area contributed by atoms with Crippen molar-refractivity contribution in [3.63, 3.8) is 0 Å². The maximum atomic E-state index is 12.3. The molecule has 10 heteroatoms. The molecule has 0 unspecified atom stereocenters. The fraction of sp³-hybridized carbons (Fsp3) is 0.208. The molecule has 34 heavy (non-hydrogen) atoms. The van der Waals surface area contributed by atoms with Gasteiger partial charge in [-0.25, -0.2) is 8.42 Å². The van der Waals surface area contributed by atoms with Crippen LogP contribution in [-0.4, -0.2) is 25.3 Å². The van der Waals surface area contributed by atoms with Crippen molar-refractivity contribution in [3.8, 4) is 28.4 Å². The average Bonchev–Trinajstić information content (AvgIpc) is 2.78. The van der Waals surface area contributed by atoms with Crippen LogP contribution in [0.1, 0.15) is 13.3 Å². The highest BCUT2D eigenvalue weighted by Crippen LogP contribution is 2.40. The van der Waals surface area contributed by atoms with E-state index in [0.29, 0.717) is 52.1 Å². The van der Waals surface area contributed by atoms with Crippen molar-refractivity contribution in [2.75, 3.05) is 17.1 Å². The number of ether oxygens (including phenoxy) is 2. The van der Waals surface area contributed by atoms with E-state index in [0.717, 1.165) is 3.57 Å². The van der Waals surface area contributed by atoms with Crippen LogP contribution in [0.2, 0.25) is 5.02 Å². The molecular weight excluding hydrogens is 591 g/mol. The van der Waals surface area contributed by atoms with E-state index in [1.165, 1.54) is 10.6 Å². The molecule has 3 aromatic rings. The second-order valence-electron chi connectivity index (χ2n) is 7.32. The molecule has 1 N–H and O–H groups in total. The maximum Gasteiger partial charge on any atom is 0.254 e. The number of sulfonamides is 1. The fourth-order valence-electron chi connectivity index (χ4n) is 3.01. The monoisotopic (exact) mass is 614 g/mol. The van der Waals surface area contributed by atoms with Crippen molar-refractivity contribution in [2.24, 2.45) is 7.05 Å². The normalized spacial score (nSPS) is 11.2. The zero-order chi connectivity index (χ0) is 24.9. The molecule has 0 aliphatic rings. The Morgan fingerprint density at radius 2 is 1.85 bits per heavy atom. The summed E-state index contributed by atoms with van der Waals surface area (Å²) >= 11 is 8.20. The SMILES string of the molecule is C=CCCOc1cc(=O)n(C)cc1-c1cc(NS(=O)(=O)CC)ccc1Oc1ccc(Cl)cc1I. The third kappa shape index (κ3) is 6.55. The predicted molar refractivity (Wildman–Crippen MR) is 145 cm³/mol. The van der Waals surface area contributed by atoms with Crippen molar-refractivity contribution in [3.05, 3.63) is 80.3 Å². The molecule has 0 saturated heterocycles. The van der Waals surface area contributed by atoms with Crippen LogP contribution in [0.3, 0.4) is 0 Å². The van der Waals surface area contributed by atoms with Crippen molar-refractivity contribution >= 4 is 49.9 Å². The third-order valence-corrected chi connectivity index (χ3v) is 7.19. The molecule has 2 aromatic carbocycles. The van der Waals surface area contributed by atoms with Gasteiger partial charge in [0.25, 0.3) is 5.56 Å². The molecule has 0 bridgehead atoms. The van der Waals surface area contributed by atoms with Crippen molar-refractivity contribution < 1.29 is 17.9 Å². The summed E-state index contributed by atoms with van der Waals surface area (Å²) in [6.45, 7) is 5.58. The number of aromatic nitrogens is 1. The van der Waals surface area contributed by atoms with Gasteiger partial charge < -0.3 is 14.0 Å². The Morgan fingerprint density at radius 1 is 1.12 bits per heavy atom. The topological polar surface area (TPSA) is 86.6 Å². The number of rotatable bonds is 10. The van der Waals surface area contributed by atoms with Gasteiger partial charge in [0.15, 0.2) is 0 Å². The molecular formula is C24H24ClIN2O5S. The van der Waals surface area contributed by atoms with Gasteiger partial charge >= 0.3 is 0 Å². The Labute approximate surface area is 217 Å². The Bertz CT molecular complexity index is 1370. The molecule has 7 nitrogen and oxygen atoms in total. The van der Waals surface area contributed by atoms with Crippen LogP contribution in [0.15, 0.2) is 66.1 Å². The highest BCUT2D eigenvalue weighted by atomic mass is 127. The molecule has 0 saturated carbocycles. The van der Waals surface area contributed by atoms with E-state index in [-0.39, 0.29) is 11.3 Å². The van der Waals surface area contributed by atoms with Crippen LogP contribution in [0.4, 0.5) is 5.69 Å². The zero-order valence-corrected chi connectivity index (χ0v) is 22.4. The van der Waals surface area contributed by atoms with Crippen LogP contribution < -0.4 is 19.8 Å². The Morgan fingerprint density at radius 3 is 2.53 bits per heavy atom. The average molecular weight is 615 g/mol. The largest absolute Gasteiger partial charge is 0.492 e. The standard InChI is InChI=1S/C24H24ClIN2O5S/c1-4-6-11-32-23-14-24(29)28(3)15-19(23)18-13-17(27-34(30,31)5-2)8-10-21(18)33-22-9-7-16(25)12-20(22)26/h4,7-10,12-15,27H,1,5-6,11H2,2-3H3. The van der Waals surface area contributed by atoms with Gasteiger partial charge in [0.2, 0.25) is 10.0 Å². The minimum Gasteiger partial charge on any atom is -0.492 e. The number of anilines is 1. The fourth-order valence-corrected chi connectivity index (χ4v) is 4.62. The first kappa shape index (κ1) is 26.1. The summed E-state index contributed by atoms with van der Waals surface area (Å²) in [4.78, 5) is 12.3. The van der Waals surface area contributed by atoms with Gasteiger partial charge in [0.05, 0.1) is 15.9 Å². The summed E-state index contributed by atoms with van der Waals surface area (Å²) < 4.78 is 41.2. The number of aryl methyl sites for hydroxylation is 1. The van der Waals surface area contributed by atoms with Crippen molar-refractivity contribution in [2.45, 2.75) is 13.3 Å². The van der Waals surface area contributed by atoms with E-state index in [2.05, 4.69) is 33.9 Å². The highest BCUT2D eigenvalue weighted by molar-refractivity contribution is 14.1. The van der Waals surface area contributed by atoms with E-state index in [1.807, 2.05) is 0 Å². The molecule has 0 aliphatic carbocycles. The van der Waals surface area contributed by atoms with Crippen molar-refractivity contribution in [1.29, 1.82) is 0 Å². The van der Waals surface area contributed by atoms with Gasteiger partial charge in [0.1, 0.15) is 17.2 Å². The van der Waals surface area contributed by atoms with E-state index in [1.54, 1.807) is 62.6 Å². The molecule has 0 amide bonds. The Kier molecular flexibility index (Phi) is 8.67. The number of halogens is 2. The van der Waals surface area contributed by atoms with Crippen molar-refractivity contribution in [1.82, 2.24) is 4.57 Å². The van der Waals surface area contributed by atoms with Crippen LogP contribution in [0, 0.1) is 3.57 Å². The van der Waals surface area contributed by atoms with Gasteiger partial charge in [-0.15, -0.1) is 6.58 Å². The molecule has 0 fully saturated rings. The first-order valence-electron chi connectivity index (χ1n) is 10.4. The van der Waals surface area contributed by atoms with Crippen LogP contribution in [0.5, 0.6) is 17.2 Å². The quantitative estimate of drug-likeness (QED) is 0.177. The Hall–Kier alpha value is -2.50. The van der Waals surface area contributed by atoms with Crippen LogP contribution >= 0.6 is 34.2 Å². The third-order valence-electron chi connectivity index (χ3n) is 4.81. The van der Waals surface area contributed by atoms with Gasteiger partial charge in [0, 0.05) is 41.1 Å². The number of hydrogen-bond acceptors (Lipinski definition) is 5. The summed E-state index contributed by atoms with van der Waals surface area (Å²) in [5, 5.41) is 0.581. The minimum atomic E-state index is -3.50. The second-order valence-corrected chi connectivity index (χ2v) is 10.9. The first-order chi connectivity index (χ1) is 16.1. The summed E-state index contributed by atoms with van der Waals surface area (Å²) in [6.07, 6.45) is 3.95. The zero-order valence-electron chi connectivity index (χ0n) is 18.7. The number of hydrogen-bond donors (Lipinski definition) is 1. The molecule has 1 heterocycles. The van der Waals surface area contributed by atoms with Crippen LogP contribution in [-0.2, 0) is 17.1 Å². The minimum absolute atomic E-state index is 0.0701. The Balaban J connectivity index is 2.18. The van der Waals surface area contributed by atoms with Gasteiger partial charge in [-0.05, 0) is 72.3 Å². The molecule has 180 valence electrons. The summed E-state index contributed by atoms with van der Waals surface area (Å²) in [6, 6.07) is 11.6.